The predicted molar refractivity (Wildman–Crippen MR) is 72.5 cm³/mol. The number of rotatable bonds is 5. The number of pyridine rings is 1. The SMILES string of the molecule is CCOC(=O)CCN(C)C(=O)c1cc(Cl)nc(Cl)c1. The second-order valence-corrected chi connectivity index (χ2v) is 4.56. The highest BCUT2D eigenvalue weighted by Crippen LogP contribution is 2.16. The number of esters is 1. The third kappa shape index (κ3) is 5.04. The molecule has 0 aromatic carbocycles. The lowest BCUT2D eigenvalue weighted by Gasteiger charge is -2.16. The Balaban J connectivity index is 2.63. The molecule has 0 aliphatic carbocycles. The van der Waals surface area contributed by atoms with Crippen LogP contribution in [0.4, 0.5) is 0 Å². The van der Waals surface area contributed by atoms with Crippen LogP contribution in [0, 0.1) is 0 Å². The highest BCUT2D eigenvalue weighted by molar-refractivity contribution is 6.33. The number of carbonyl (C=O) groups excluding carboxylic acids is 2. The summed E-state index contributed by atoms with van der Waals surface area (Å²) >= 11 is 11.5. The van der Waals surface area contributed by atoms with Gasteiger partial charge < -0.3 is 9.64 Å². The molecule has 0 spiro atoms. The van der Waals surface area contributed by atoms with Crippen molar-refractivity contribution in [2.75, 3.05) is 20.2 Å². The van der Waals surface area contributed by atoms with E-state index in [1.807, 2.05) is 0 Å². The van der Waals surface area contributed by atoms with Crippen LogP contribution in [-0.4, -0.2) is 42.0 Å². The molecule has 0 saturated carbocycles. The molecule has 0 N–H and O–H groups in total. The zero-order valence-corrected chi connectivity index (χ0v) is 12.2. The number of nitrogens with zero attached hydrogens (tertiary/aromatic N) is 2. The van der Waals surface area contributed by atoms with Gasteiger partial charge in [-0.3, -0.25) is 9.59 Å². The monoisotopic (exact) mass is 304 g/mol. The number of ether oxygens (including phenoxy) is 1. The third-order valence-electron chi connectivity index (χ3n) is 2.31. The average molecular weight is 305 g/mol. The van der Waals surface area contributed by atoms with Crippen LogP contribution in [0.3, 0.4) is 0 Å². The van der Waals surface area contributed by atoms with Gasteiger partial charge in [-0.15, -0.1) is 0 Å². The van der Waals surface area contributed by atoms with Gasteiger partial charge in [-0.05, 0) is 19.1 Å². The molecule has 19 heavy (non-hydrogen) atoms. The van der Waals surface area contributed by atoms with Crippen LogP contribution >= 0.6 is 23.2 Å². The van der Waals surface area contributed by atoms with Crippen LogP contribution in [0.1, 0.15) is 23.7 Å². The van der Waals surface area contributed by atoms with E-state index in [2.05, 4.69) is 4.98 Å². The van der Waals surface area contributed by atoms with Crippen molar-refractivity contribution in [3.63, 3.8) is 0 Å². The van der Waals surface area contributed by atoms with Crippen molar-refractivity contribution < 1.29 is 14.3 Å². The Morgan fingerprint density at radius 1 is 1.32 bits per heavy atom. The van der Waals surface area contributed by atoms with E-state index in [0.29, 0.717) is 12.2 Å². The molecule has 7 heteroatoms. The van der Waals surface area contributed by atoms with Crippen LogP contribution in [-0.2, 0) is 9.53 Å². The minimum Gasteiger partial charge on any atom is -0.466 e. The van der Waals surface area contributed by atoms with E-state index < -0.39 is 0 Å². The first-order chi connectivity index (χ1) is 8.93. The van der Waals surface area contributed by atoms with E-state index >= 15 is 0 Å². The lowest BCUT2D eigenvalue weighted by atomic mass is 10.2. The van der Waals surface area contributed by atoms with Crippen LogP contribution in [0.25, 0.3) is 0 Å². The van der Waals surface area contributed by atoms with Crippen LogP contribution in [0.5, 0.6) is 0 Å². The summed E-state index contributed by atoms with van der Waals surface area (Å²) in [6.45, 7) is 2.31. The molecule has 1 rings (SSSR count). The van der Waals surface area contributed by atoms with Gasteiger partial charge in [0.05, 0.1) is 13.0 Å². The summed E-state index contributed by atoms with van der Waals surface area (Å²) in [4.78, 5) is 28.4. The summed E-state index contributed by atoms with van der Waals surface area (Å²) in [7, 11) is 1.59. The maximum absolute atomic E-state index is 12.0. The standard InChI is InChI=1S/C12H14Cl2N2O3/c1-3-19-11(17)4-5-16(2)12(18)8-6-9(13)15-10(14)7-8/h6-7H,3-5H2,1-2H3. The molecule has 0 radical (unpaired) electrons. The summed E-state index contributed by atoms with van der Waals surface area (Å²) in [5.41, 5.74) is 0.330. The normalized spacial score (nSPS) is 10.1. The quantitative estimate of drug-likeness (QED) is 0.619. The maximum atomic E-state index is 12.0. The van der Waals surface area contributed by atoms with Crippen molar-refractivity contribution in [3.05, 3.63) is 28.0 Å². The van der Waals surface area contributed by atoms with E-state index in [0.717, 1.165) is 0 Å². The van der Waals surface area contributed by atoms with Gasteiger partial charge in [0.1, 0.15) is 10.3 Å². The fourth-order valence-electron chi connectivity index (χ4n) is 1.40. The molecule has 5 nitrogen and oxygen atoms in total. The number of aromatic nitrogens is 1. The van der Waals surface area contributed by atoms with Crippen molar-refractivity contribution in [2.45, 2.75) is 13.3 Å². The van der Waals surface area contributed by atoms with Gasteiger partial charge in [0.2, 0.25) is 0 Å². The lowest BCUT2D eigenvalue weighted by molar-refractivity contribution is -0.143. The highest BCUT2D eigenvalue weighted by atomic mass is 35.5. The molecule has 104 valence electrons. The average Bonchev–Trinajstić information content (AvgIpc) is 2.34. The Morgan fingerprint density at radius 3 is 2.42 bits per heavy atom. The van der Waals surface area contributed by atoms with Crippen molar-refractivity contribution in [3.8, 4) is 0 Å². The first-order valence-electron chi connectivity index (χ1n) is 5.68. The van der Waals surface area contributed by atoms with Crippen molar-refractivity contribution in [2.24, 2.45) is 0 Å². The Hall–Kier alpha value is -1.33. The van der Waals surface area contributed by atoms with E-state index in [-0.39, 0.29) is 35.1 Å². The fourth-order valence-corrected chi connectivity index (χ4v) is 1.86. The number of halogens is 2. The van der Waals surface area contributed by atoms with Gasteiger partial charge in [-0.1, -0.05) is 23.2 Å². The van der Waals surface area contributed by atoms with E-state index in [1.54, 1.807) is 14.0 Å². The zero-order chi connectivity index (χ0) is 14.4. The molecule has 0 saturated heterocycles. The van der Waals surface area contributed by atoms with Gasteiger partial charge in [0.15, 0.2) is 0 Å². The Bertz CT molecular complexity index is 460. The zero-order valence-electron chi connectivity index (χ0n) is 10.7. The number of hydrogen-bond donors (Lipinski definition) is 0. The molecular formula is C12H14Cl2N2O3. The third-order valence-corrected chi connectivity index (χ3v) is 2.70. The molecule has 0 atom stereocenters. The van der Waals surface area contributed by atoms with Crippen LogP contribution < -0.4 is 0 Å². The molecule has 1 aromatic heterocycles. The lowest BCUT2D eigenvalue weighted by Crippen LogP contribution is -2.29. The Morgan fingerprint density at radius 2 is 1.89 bits per heavy atom. The Labute approximate surface area is 121 Å². The van der Waals surface area contributed by atoms with Gasteiger partial charge in [-0.25, -0.2) is 4.98 Å². The summed E-state index contributed by atoms with van der Waals surface area (Å²) in [5.74, 6) is -0.622. The van der Waals surface area contributed by atoms with E-state index in [4.69, 9.17) is 27.9 Å². The van der Waals surface area contributed by atoms with Gasteiger partial charge >= 0.3 is 5.97 Å². The molecule has 0 unspecified atom stereocenters. The van der Waals surface area contributed by atoms with Crippen molar-refractivity contribution >= 4 is 35.1 Å². The molecule has 1 amide bonds. The number of hydrogen-bond acceptors (Lipinski definition) is 4. The number of carbonyl (C=O) groups is 2. The molecule has 0 fully saturated rings. The molecule has 0 bridgehead atoms. The van der Waals surface area contributed by atoms with Gasteiger partial charge in [0.25, 0.3) is 5.91 Å². The summed E-state index contributed by atoms with van der Waals surface area (Å²) < 4.78 is 4.79. The van der Waals surface area contributed by atoms with Crippen molar-refractivity contribution in [1.82, 2.24) is 9.88 Å². The summed E-state index contributed by atoms with van der Waals surface area (Å²) in [6, 6.07) is 2.85. The van der Waals surface area contributed by atoms with E-state index in [1.165, 1.54) is 17.0 Å². The second-order valence-electron chi connectivity index (χ2n) is 3.78. The minimum atomic E-state index is -0.340. The van der Waals surface area contributed by atoms with Crippen LogP contribution in [0.15, 0.2) is 12.1 Å². The predicted octanol–water partition coefficient (Wildman–Crippen LogP) is 2.41. The van der Waals surface area contributed by atoms with Gasteiger partial charge in [0, 0.05) is 19.2 Å². The largest absolute Gasteiger partial charge is 0.466 e. The first kappa shape index (κ1) is 15.7. The fraction of sp³-hybridized carbons (Fsp3) is 0.417. The molecular weight excluding hydrogens is 291 g/mol. The van der Waals surface area contributed by atoms with Crippen LogP contribution in [0.2, 0.25) is 10.3 Å². The minimum absolute atomic E-state index is 0.141. The smallest absolute Gasteiger partial charge is 0.307 e. The second kappa shape index (κ2) is 7.31. The van der Waals surface area contributed by atoms with Crippen molar-refractivity contribution in [1.29, 1.82) is 0 Å². The molecule has 1 aromatic rings. The first-order valence-corrected chi connectivity index (χ1v) is 6.43. The highest BCUT2D eigenvalue weighted by Gasteiger charge is 2.15. The summed E-state index contributed by atoms with van der Waals surface area (Å²) in [5, 5.41) is 0.296. The molecule has 0 aliphatic rings. The summed E-state index contributed by atoms with van der Waals surface area (Å²) in [6.07, 6.45) is 0.141. The molecule has 1 heterocycles. The van der Waals surface area contributed by atoms with E-state index in [9.17, 15) is 9.59 Å². The topological polar surface area (TPSA) is 59.5 Å². The van der Waals surface area contributed by atoms with Gasteiger partial charge in [-0.2, -0.15) is 0 Å². The Kier molecular flexibility index (Phi) is 6.05. The molecule has 0 aliphatic heterocycles. The maximum Gasteiger partial charge on any atom is 0.307 e. The number of amides is 1.